The first-order chi connectivity index (χ1) is 14.1. The van der Waals surface area contributed by atoms with Gasteiger partial charge in [-0.15, -0.1) is 11.3 Å². The summed E-state index contributed by atoms with van der Waals surface area (Å²) in [5.74, 6) is 1.86. The molecule has 1 atom stereocenters. The highest BCUT2D eigenvalue weighted by Gasteiger charge is 2.18. The summed E-state index contributed by atoms with van der Waals surface area (Å²) in [5, 5.41) is 5.57. The number of aromatic nitrogens is 1. The van der Waals surface area contributed by atoms with Gasteiger partial charge in [0, 0.05) is 10.9 Å². The lowest BCUT2D eigenvalue weighted by atomic mass is 10.0. The predicted octanol–water partition coefficient (Wildman–Crippen LogP) is 4.72. The molecular formula is C22H24N2O4S. The molecule has 152 valence electrons. The Morgan fingerprint density at radius 2 is 1.76 bits per heavy atom. The zero-order chi connectivity index (χ0) is 20.8. The van der Waals surface area contributed by atoms with Gasteiger partial charge in [0.1, 0.15) is 16.5 Å². The highest BCUT2D eigenvalue weighted by Crippen LogP contribution is 2.33. The Hall–Kier alpha value is -3.06. The third kappa shape index (κ3) is 4.68. The number of methoxy groups -OCH3 is 3. The van der Waals surface area contributed by atoms with Crippen molar-refractivity contribution < 1.29 is 19.0 Å². The molecule has 1 amide bonds. The average Bonchev–Trinajstić information content (AvgIpc) is 3.27. The molecule has 1 N–H and O–H groups in total. The van der Waals surface area contributed by atoms with Crippen molar-refractivity contribution in [1.29, 1.82) is 0 Å². The molecule has 0 saturated heterocycles. The molecule has 6 nitrogen and oxygen atoms in total. The van der Waals surface area contributed by atoms with Crippen molar-refractivity contribution in [3.05, 3.63) is 59.1 Å². The molecule has 0 radical (unpaired) electrons. The van der Waals surface area contributed by atoms with Crippen molar-refractivity contribution in [2.45, 2.75) is 19.4 Å². The lowest BCUT2D eigenvalue weighted by molar-refractivity contribution is 0.0931. The number of nitrogens with one attached hydrogen (secondary N) is 1. The minimum atomic E-state index is -0.198. The van der Waals surface area contributed by atoms with Crippen LogP contribution in [0, 0.1) is 0 Å². The van der Waals surface area contributed by atoms with Crippen LogP contribution in [-0.4, -0.2) is 32.2 Å². The monoisotopic (exact) mass is 412 g/mol. The van der Waals surface area contributed by atoms with E-state index in [4.69, 9.17) is 14.2 Å². The van der Waals surface area contributed by atoms with Gasteiger partial charge in [0.2, 0.25) is 0 Å². The summed E-state index contributed by atoms with van der Waals surface area (Å²) in [6.45, 7) is 2.03. The minimum Gasteiger partial charge on any atom is -0.497 e. The Labute approximate surface area is 174 Å². The van der Waals surface area contributed by atoms with Crippen LogP contribution < -0.4 is 19.5 Å². The standard InChI is InChI=1S/C22H24N2O4S/c1-5-17(14-6-9-16(26-2)10-7-14)23-21(25)18-13-29-22(24-18)15-8-11-19(27-3)20(12-15)28-4/h6-13,17H,5H2,1-4H3,(H,23,25). The van der Waals surface area contributed by atoms with Crippen molar-refractivity contribution in [3.63, 3.8) is 0 Å². The second kappa shape index (κ2) is 9.43. The third-order valence-electron chi connectivity index (χ3n) is 4.60. The molecule has 0 aliphatic rings. The van der Waals surface area contributed by atoms with Crippen LogP contribution in [0.25, 0.3) is 10.6 Å². The van der Waals surface area contributed by atoms with Crippen molar-refractivity contribution in [3.8, 4) is 27.8 Å². The number of hydrogen-bond acceptors (Lipinski definition) is 6. The maximum absolute atomic E-state index is 12.7. The van der Waals surface area contributed by atoms with Gasteiger partial charge in [-0.25, -0.2) is 4.98 Å². The van der Waals surface area contributed by atoms with Gasteiger partial charge < -0.3 is 19.5 Å². The number of thiazole rings is 1. The zero-order valence-corrected chi connectivity index (χ0v) is 17.7. The summed E-state index contributed by atoms with van der Waals surface area (Å²) >= 11 is 1.41. The van der Waals surface area contributed by atoms with E-state index in [-0.39, 0.29) is 11.9 Å². The summed E-state index contributed by atoms with van der Waals surface area (Å²) < 4.78 is 15.8. The van der Waals surface area contributed by atoms with Gasteiger partial charge in [-0.2, -0.15) is 0 Å². The number of amides is 1. The largest absolute Gasteiger partial charge is 0.497 e. The van der Waals surface area contributed by atoms with Gasteiger partial charge in [-0.3, -0.25) is 4.79 Å². The van der Waals surface area contributed by atoms with E-state index in [0.29, 0.717) is 17.2 Å². The molecule has 1 unspecified atom stereocenters. The quantitative estimate of drug-likeness (QED) is 0.580. The van der Waals surface area contributed by atoms with Crippen molar-refractivity contribution >= 4 is 17.2 Å². The number of carbonyl (C=O) groups is 1. The molecule has 0 aliphatic carbocycles. The van der Waals surface area contributed by atoms with Gasteiger partial charge in [0.05, 0.1) is 27.4 Å². The lowest BCUT2D eigenvalue weighted by Gasteiger charge is -2.17. The SMILES string of the molecule is CCC(NC(=O)c1csc(-c2ccc(OC)c(OC)c2)n1)c1ccc(OC)cc1. The highest BCUT2D eigenvalue weighted by molar-refractivity contribution is 7.13. The molecule has 0 saturated carbocycles. The maximum atomic E-state index is 12.7. The molecule has 7 heteroatoms. The van der Waals surface area contributed by atoms with Crippen LogP contribution in [0.5, 0.6) is 17.2 Å². The van der Waals surface area contributed by atoms with E-state index >= 15 is 0 Å². The van der Waals surface area contributed by atoms with Gasteiger partial charge in [-0.1, -0.05) is 19.1 Å². The molecule has 3 aromatic rings. The highest BCUT2D eigenvalue weighted by atomic mass is 32.1. The molecule has 29 heavy (non-hydrogen) atoms. The number of ether oxygens (including phenoxy) is 3. The van der Waals surface area contributed by atoms with Crippen LogP contribution in [0.2, 0.25) is 0 Å². The van der Waals surface area contributed by atoms with E-state index in [9.17, 15) is 4.79 Å². The Morgan fingerprint density at radius 3 is 2.38 bits per heavy atom. The normalized spacial score (nSPS) is 11.6. The Bertz CT molecular complexity index is 969. The van der Waals surface area contributed by atoms with Crippen LogP contribution in [0.3, 0.4) is 0 Å². The third-order valence-corrected chi connectivity index (χ3v) is 5.49. The first-order valence-electron chi connectivity index (χ1n) is 9.22. The zero-order valence-electron chi connectivity index (χ0n) is 16.9. The van der Waals surface area contributed by atoms with Crippen LogP contribution in [0.15, 0.2) is 47.8 Å². The molecule has 1 heterocycles. The minimum absolute atomic E-state index is 0.0976. The van der Waals surface area contributed by atoms with Gasteiger partial charge in [0.15, 0.2) is 11.5 Å². The number of hydrogen-bond donors (Lipinski definition) is 1. The Morgan fingerprint density at radius 1 is 1.03 bits per heavy atom. The van der Waals surface area contributed by atoms with Crippen molar-refractivity contribution in [2.24, 2.45) is 0 Å². The Kier molecular flexibility index (Phi) is 6.72. The topological polar surface area (TPSA) is 69.7 Å². The fraction of sp³-hybridized carbons (Fsp3) is 0.273. The van der Waals surface area contributed by atoms with Crippen LogP contribution >= 0.6 is 11.3 Å². The molecular weight excluding hydrogens is 388 g/mol. The number of rotatable bonds is 8. The summed E-state index contributed by atoms with van der Waals surface area (Å²) in [6, 6.07) is 13.2. The molecule has 0 bridgehead atoms. The fourth-order valence-corrected chi connectivity index (χ4v) is 3.77. The van der Waals surface area contributed by atoms with Crippen molar-refractivity contribution in [2.75, 3.05) is 21.3 Å². The van der Waals surface area contributed by atoms with Gasteiger partial charge in [-0.05, 0) is 42.3 Å². The molecule has 1 aromatic heterocycles. The molecule has 0 aliphatic heterocycles. The maximum Gasteiger partial charge on any atom is 0.271 e. The molecule has 0 fully saturated rings. The van der Waals surface area contributed by atoms with E-state index in [1.54, 1.807) is 26.7 Å². The van der Waals surface area contributed by atoms with E-state index in [1.165, 1.54) is 11.3 Å². The smallest absolute Gasteiger partial charge is 0.271 e. The summed E-state index contributed by atoms with van der Waals surface area (Å²) in [7, 11) is 4.81. The van der Waals surface area contributed by atoms with E-state index in [0.717, 1.165) is 28.3 Å². The second-order valence-electron chi connectivity index (χ2n) is 6.32. The molecule has 0 spiro atoms. The van der Waals surface area contributed by atoms with E-state index in [1.807, 2.05) is 49.4 Å². The van der Waals surface area contributed by atoms with Crippen LogP contribution in [-0.2, 0) is 0 Å². The first kappa shape index (κ1) is 20.7. The average molecular weight is 413 g/mol. The Balaban J connectivity index is 1.76. The predicted molar refractivity (Wildman–Crippen MR) is 114 cm³/mol. The molecule has 3 rings (SSSR count). The molecule has 2 aromatic carbocycles. The number of carbonyl (C=O) groups excluding carboxylic acids is 1. The fourth-order valence-electron chi connectivity index (χ4n) is 2.97. The van der Waals surface area contributed by atoms with Gasteiger partial charge in [0.25, 0.3) is 5.91 Å². The van der Waals surface area contributed by atoms with E-state index in [2.05, 4.69) is 10.3 Å². The van der Waals surface area contributed by atoms with Crippen LogP contribution in [0.4, 0.5) is 0 Å². The lowest BCUT2D eigenvalue weighted by Crippen LogP contribution is -2.28. The summed E-state index contributed by atoms with van der Waals surface area (Å²) in [5.41, 5.74) is 2.29. The number of benzene rings is 2. The van der Waals surface area contributed by atoms with Crippen LogP contribution in [0.1, 0.15) is 35.4 Å². The first-order valence-corrected chi connectivity index (χ1v) is 10.1. The summed E-state index contributed by atoms with van der Waals surface area (Å²) in [4.78, 5) is 17.3. The summed E-state index contributed by atoms with van der Waals surface area (Å²) in [6.07, 6.45) is 0.769. The van der Waals surface area contributed by atoms with Gasteiger partial charge >= 0.3 is 0 Å². The van der Waals surface area contributed by atoms with Crippen molar-refractivity contribution in [1.82, 2.24) is 10.3 Å². The van der Waals surface area contributed by atoms with E-state index < -0.39 is 0 Å². The number of nitrogens with zero attached hydrogens (tertiary/aromatic N) is 1. The second-order valence-corrected chi connectivity index (χ2v) is 7.17.